The summed E-state index contributed by atoms with van der Waals surface area (Å²) in [6.45, 7) is 2.15. The van der Waals surface area contributed by atoms with Crippen molar-refractivity contribution in [3.05, 3.63) is 64.2 Å². The van der Waals surface area contributed by atoms with E-state index in [1.54, 1.807) is 25.1 Å². The van der Waals surface area contributed by atoms with Gasteiger partial charge in [0, 0.05) is 11.5 Å². The number of ether oxygens (including phenoxy) is 2. The fourth-order valence-corrected chi connectivity index (χ4v) is 5.77. The zero-order chi connectivity index (χ0) is 23.4. The fourth-order valence-electron chi connectivity index (χ4n) is 4.53. The van der Waals surface area contributed by atoms with E-state index in [0.29, 0.717) is 17.9 Å². The standard InChI is InChI=1S/C23H18N2O7S/c1-2-31-13-5-3-4-12-14-15-18(33-19(24)16(14)23(30)32-17(12)13)21(27)25(20(15)26)11-8-6-10(7-9-11)22(28)29/h3-9,14-15,18H,2,24H2,1H3,(H,28,29)/t14-,15+,18-/m0/s1. The van der Waals surface area contributed by atoms with Crippen LogP contribution in [-0.2, 0) is 14.4 Å². The normalized spacial score (nSPS) is 23.6. The quantitative estimate of drug-likeness (QED) is 0.395. The molecule has 9 nitrogen and oxygen atoms in total. The lowest BCUT2D eigenvalue weighted by molar-refractivity contribution is -0.132. The third-order valence-corrected chi connectivity index (χ3v) is 7.14. The van der Waals surface area contributed by atoms with E-state index in [0.717, 1.165) is 16.7 Å². The molecule has 2 aromatic rings. The molecule has 2 aromatic carbocycles. The summed E-state index contributed by atoms with van der Waals surface area (Å²) >= 11 is 0.973. The first kappa shape index (κ1) is 21.1. The summed E-state index contributed by atoms with van der Waals surface area (Å²) in [5, 5.41) is 8.43. The second kappa shape index (κ2) is 7.66. The molecule has 2 amide bonds. The van der Waals surface area contributed by atoms with Crippen molar-refractivity contribution >= 4 is 41.2 Å². The van der Waals surface area contributed by atoms with Crippen LogP contribution < -0.4 is 20.1 Å². The molecule has 0 radical (unpaired) electrons. The Kier molecular flexibility index (Phi) is 4.89. The lowest BCUT2D eigenvalue weighted by Gasteiger charge is -2.36. The van der Waals surface area contributed by atoms with Crippen molar-refractivity contribution in [2.45, 2.75) is 18.1 Å². The second-order valence-electron chi connectivity index (χ2n) is 7.68. The zero-order valence-corrected chi connectivity index (χ0v) is 18.1. The molecule has 3 heterocycles. The van der Waals surface area contributed by atoms with Gasteiger partial charge in [-0.3, -0.25) is 9.59 Å². The molecule has 3 aliphatic rings. The molecule has 1 fully saturated rings. The highest BCUT2D eigenvalue weighted by Gasteiger charge is 2.58. The number of carbonyl (C=O) groups excluding carboxylic acids is 3. The summed E-state index contributed by atoms with van der Waals surface area (Å²) in [4.78, 5) is 52.0. The molecular weight excluding hydrogens is 448 g/mol. The number of fused-ring (bicyclic) bond motifs is 5. The van der Waals surface area contributed by atoms with Gasteiger partial charge in [0.1, 0.15) is 5.25 Å². The van der Waals surface area contributed by atoms with Gasteiger partial charge in [0.15, 0.2) is 11.5 Å². The second-order valence-corrected chi connectivity index (χ2v) is 8.86. The minimum Gasteiger partial charge on any atom is -0.490 e. The third kappa shape index (κ3) is 3.09. The number of nitrogens with two attached hydrogens (primary N) is 1. The van der Waals surface area contributed by atoms with E-state index in [1.165, 1.54) is 24.3 Å². The molecule has 0 spiro atoms. The molecule has 0 bridgehead atoms. The first-order chi connectivity index (χ1) is 15.8. The van der Waals surface area contributed by atoms with E-state index < -0.39 is 40.8 Å². The third-order valence-electron chi connectivity index (χ3n) is 5.92. The highest BCUT2D eigenvalue weighted by atomic mass is 32.2. The molecule has 0 aliphatic carbocycles. The van der Waals surface area contributed by atoms with Gasteiger partial charge in [-0.05, 0) is 37.3 Å². The molecule has 0 unspecified atom stereocenters. The Balaban J connectivity index is 1.61. The molecule has 5 rings (SSSR count). The van der Waals surface area contributed by atoms with Crippen molar-refractivity contribution in [3.63, 3.8) is 0 Å². The van der Waals surface area contributed by atoms with Crippen molar-refractivity contribution in [2.24, 2.45) is 11.7 Å². The minimum atomic E-state index is -1.12. The molecular formula is C23H18N2O7S. The number of imide groups is 1. The molecule has 0 aromatic heterocycles. The van der Waals surface area contributed by atoms with E-state index in [4.69, 9.17) is 20.3 Å². The summed E-state index contributed by atoms with van der Waals surface area (Å²) in [5.74, 6) is -3.81. The molecule has 168 valence electrons. The number of benzene rings is 2. The number of anilines is 1. The van der Waals surface area contributed by atoms with Gasteiger partial charge in [-0.2, -0.15) is 0 Å². The van der Waals surface area contributed by atoms with Crippen LogP contribution >= 0.6 is 11.8 Å². The van der Waals surface area contributed by atoms with Crippen LogP contribution in [0.2, 0.25) is 0 Å². The number of rotatable bonds is 4. The maximum Gasteiger partial charge on any atom is 0.342 e. The zero-order valence-electron chi connectivity index (χ0n) is 17.3. The fraction of sp³-hybridized carbons (Fsp3) is 0.217. The molecule has 10 heteroatoms. The van der Waals surface area contributed by atoms with Crippen LogP contribution in [0.3, 0.4) is 0 Å². The predicted molar refractivity (Wildman–Crippen MR) is 118 cm³/mol. The van der Waals surface area contributed by atoms with Gasteiger partial charge in [-0.25, -0.2) is 14.5 Å². The number of hydrogen-bond donors (Lipinski definition) is 2. The number of para-hydroxylation sites is 1. The van der Waals surface area contributed by atoms with Gasteiger partial charge < -0.3 is 20.3 Å². The summed E-state index contributed by atoms with van der Waals surface area (Å²) < 4.78 is 11.1. The van der Waals surface area contributed by atoms with Crippen LogP contribution in [0.25, 0.3) is 0 Å². The Morgan fingerprint density at radius 1 is 1.15 bits per heavy atom. The monoisotopic (exact) mass is 466 g/mol. The SMILES string of the molecule is CCOc1cccc2c1OC(=O)C1=C(N)S[C@@H]3C(=O)N(c4ccc(C(=O)O)cc4)C(=O)[C@@H]3[C@@H]12. The van der Waals surface area contributed by atoms with Crippen LogP contribution in [0.4, 0.5) is 5.69 Å². The number of esters is 1. The number of thioether (sulfide) groups is 1. The smallest absolute Gasteiger partial charge is 0.342 e. The summed E-state index contributed by atoms with van der Waals surface area (Å²) in [6, 6.07) is 10.6. The summed E-state index contributed by atoms with van der Waals surface area (Å²) in [6.07, 6.45) is 0. The van der Waals surface area contributed by atoms with Crippen LogP contribution in [0, 0.1) is 5.92 Å². The first-order valence-corrected chi connectivity index (χ1v) is 11.1. The summed E-state index contributed by atoms with van der Waals surface area (Å²) in [5.41, 5.74) is 7.20. The van der Waals surface area contributed by atoms with Crippen molar-refractivity contribution in [2.75, 3.05) is 11.5 Å². The van der Waals surface area contributed by atoms with Gasteiger partial charge >= 0.3 is 11.9 Å². The Morgan fingerprint density at radius 2 is 1.88 bits per heavy atom. The molecule has 33 heavy (non-hydrogen) atoms. The van der Waals surface area contributed by atoms with Crippen LogP contribution in [-0.4, -0.2) is 40.7 Å². The Hall–Kier alpha value is -3.79. The van der Waals surface area contributed by atoms with Crippen molar-refractivity contribution < 1.29 is 33.8 Å². The van der Waals surface area contributed by atoms with E-state index in [2.05, 4.69) is 0 Å². The van der Waals surface area contributed by atoms with E-state index in [1.807, 2.05) is 0 Å². The number of carbonyl (C=O) groups is 4. The summed E-state index contributed by atoms with van der Waals surface area (Å²) in [7, 11) is 0. The van der Waals surface area contributed by atoms with E-state index >= 15 is 0 Å². The van der Waals surface area contributed by atoms with Crippen LogP contribution in [0.1, 0.15) is 28.8 Å². The lowest BCUT2D eigenvalue weighted by atomic mass is 9.77. The van der Waals surface area contributed by atoms with Crippen molar-refractivity contribution in [1.29, 1.82) is 0 Å². The number of nitrogens with zero attached hydrogens (tertiary/aromatic N) is 1. The Bertz CT molecular complexity index is 1250. The topological polar surface area (TPSA) is 136 Å². The average Bonchev–Trinajstić information content (AvgIpc) is 3.04. The first-order valence-electron chi connectivity index (χ1n) is 10.2. The largest absolute Gasteiger partial charge is 0.490 e. The molecule has 3 N–H and O–H groups in total. The molecule has 3 aliphatic heterocycles. The van der Waals surface area contributed by atoms with E-state index in [-0.39, 0.29) is 27.6 Å². The van der Waals surface area contributed by atoms with E-state index in [9.17, 15) is 19.2 Å². The lowest BCUT2D eigenvalue weighted by Crippen LogP contribution is -2.39. The van der Waals surface area contributed by atoms with Gasteiger partial charge in [0.25, 0.3) is 0 Å². The number of aromatic carboxylic acids is 1. The number of carboxylic acid groups (broad SMARTS) is 1. The number of amides is 2. The van der Waals surface area contributed by atoms with Crippen LogP contribution in [0.15, 0.2) is 53.1 Å². The highest BCUT2D eigenvalue weighted by Crippen LogP contribution is 2.56. The molecule has 1 saturated heterocycles. The van der Waals surface area contributed by atoms with Gasteiger partial charge in [-0.1, -0.05) is 23.9 Å². The van der Waals surface area contributed by atoms with Gasteiger partial charge in [-0.15, -0.1) is 0 Å². The number of hydrogen-bond acceptors (Lipinski definition) is 8. The van der Waals surface area contributed by atoms with Crippen molar-refractivity contribution in [1.82, 2.24) is 0 Å². The Labute approximate surface area is 192 Å². The van der Waals surface area contributed by atoms with Gasteiger partial charge in [0.05, 0.1) is 34.4 Å². The molecule has 0 saturated carbocycles. The maximum absolute atomic E-state index is 13.6. The number of carboxylic acids is 1. The van der Waals surface area contributed by atoms with Crippen LogP contribution in [0.5, 0.6) is 11.5 Å². The maximum atomic E-state index is 13.6. The average molecular weight is 466 g/mol. The van der Waals surface area contributed by atoms with Crippen molar-refractivity contribution in [3.8, 4) is 11.5 Å². The molecule has 3 atom stereocenters. The predicted octanol–water partition coefficient (Wildman–Crippen LogP) is 2.26. The minimum absolute atomic E-state index is 0.0326. The Morgan fingerprint density at radius 3 is 2.55 bits per heavy atom. The van der Waals surface area contributed by atoms with Gasteiger partial charge in [0.2, 0.25) is 11.8 Å². The highest BCUT2D eigenvalue weighted by molar-refractivity contribution is 8.04.